The molecule has 1 N–H and O–H groups in total. The molecule has 2 aromatic heterocycles. The summed E-state index contributed by atoms with van der Waals surface area (Å²) in [7, 11) is 1.36. The van der Waals surface area contributed by atoms with E-state index in [-0.39, 0.29) is 5.97 Å². The van der Waals surface area contributed by atoms with Crippen LogP contribution < -0.4 is 5.32 Å². The lowest BCUT2D eigenvalue weighted by Gasteiger charge is -2.04. The topological polar surface area (TPSA) is 64.1 Å². The van der Waals surface area contributed by atoms with Gasteiger partial charge in [0.25, 0.3) is 0 Å². The van der Waals surface area contributed by atoms with Gasteiger partial charge < -0.3 is 10.1 Å². The molecule has 0 fully saturated rings. The number of esters is 1. The first kappa shape index (κ1) is 12.5. The van der Waals surface area contributed by atoms with E-state index in [0.29, 0.717) is 17.9 Å². The van der Waals surface area contributed by atoms with Crippen LogP contribution in [0, 0.1) is 6.92 Å². The average molecular weight is 263 g/mol. The van der Waals surface area contributed by atoms with E-state index in [0.717, 1.165) is 5.01 Å². The third-order valence-electron chi connectivity index (χ3n) is 2.27. The van der Waals surface area contributed by atoms with Crippen LogP contribution in [-0.2, 0) is 11.3 Å². The van der Waals surface area contributed by atoms with E-state index in [2.05, 4.69) is 20.0 Å². The Morgan fingerprint density at radius 2 is 2.33 bits per heavy atom. The lowest BCUT2D eigenvalue weighted by Crippen LogP contribution is -2.05. The Labute approximate surface area is 109 Å². The molecule has 94 valence electrons. The first-order valence-electron chi connectivity index (χ1n) is 5.38. The number of carbonyl (C=O) groups excluding carboxylic acids is 1. The van der Waals surface area contributed by atoms with Crippen LogP contribution in [0.5, 0.6) is 0 Å². The maximum Gasteiger partial charge on any atom is 0.338 e. The number of thiazole rings is 1. The fraction of sp³-hybridized carbons (Fsp3) is 0.250. The molecule has 0 radical (unpaired) electrons. The lowest BCUT2D eigenvalue weighted by atomic mass is 10.2. The highest BCUT2D eigenvalue weighted by Crippen LogP contribution is 2.14. The van der Waals surface area contributed by atoms with Crippen molar-refractivity contribution in [2.24, 2.45) is 0 Å². The van der Waals surface area contributed by atoms with E-state index in [1.807, 2.05) is 13.1 Å². The van der Waals surface area contributed by atoms with Gasteiger partial charge in [-0.3, -0.25) is 0 Å². The Hall–Kier alpha value is -1.95. The van der Waals surface area contributed by atoms with Crippen molar-refractivity contribution in [1.29, 1.82) is 0 Å². The van der Waals surface area contributed by atoms with Gasteiger partial charge in [0.15, 0.2) is 0 Å². The van der Waals surface area contributed by atoms with Gasteiger partial charge in [-0.2, -0.15) is 0 Å². The van der Waals surface area contributed by atoms with Crippen LogP contribution in [0.3, 0.4) is 0 Å². The fourth-order valence-electron chi connectivity index (χ4n) is 1.42. The van der Waals surface area contributed by atoms with Crippen molar-refractivity contribution in [1.82, 2.24) is 9.97 Å². The third-order valence-corrected chi connectivity index (χ3v) is 3.18. The minimum atomic E-state index is -0.370. The molecule has 0 amide bonds. The van der Waals surface area contributed by atoms with E-state index in [1.54, 1.807) is 29.7 Å². The van der Waals surface area contributed by atoms with E-state index in [4.69, 9.17) is 0 Å². The minimum Gasteiger partial charge on any atom is -0.465 e. The van der Waals surface area contributed by atoms with Crippen LogP contribution in [0.15, 0.2) is 24.5 Å². The number of rotatable bonds is 4. The summed E-state index contributed by atoms with van der Waals surface area (Å²) in [6, 6.07) is 3.27. The number of hydrogen-bond donors (Lipinski definition) is 1. The number of pyridine rings is 1. The van der Waals surface area contributed by atoms with Crippen LogP contribution in [-0.4, -0.2) is 23.0 Å². The number of methoxy groups -OCH3 is 1. The van der Waals surface area contributed by atoms with Crippen molar-refractivity contribution >= 4 is 23.1 Å². The number of anilines is 1. The monoisotopic (exact) mass is 263 g/mol. The van der Waals surface area contributed by atoms with Gasteiger partial charge in [0, 0.05) is 17.3 Å². The molecule has 0 aliphatic rings. The standard InChI is InChI=1S/C12H13N3O2S/c1-8-6-15-11(18-8)7-14-10-5-9(3-4-13-10)12(16)17-2/h3-6H,7H2,1-2H3,(H,13,14). The molecule has 2 aromatic rings. The normalized spacial score (nSPS) is 10.1. The second-order valence-electron chi connectivity index (χ2n) is 3.64. The van der Waals surface area contributed by atoms with Crippen LogP contribution in [0.2, 0.25) is 0 Å². The minimum absolute atomic E-state index is 0.370. The third kappa shape index (κ3) is 3.04. The molecule has 0 aromatic carbocycles. The molecule has 2 heterocycles. The Kier molecular flexibility index (Phi) is 3.88. The summed E-state index contributed by atoms with van der Waals surface area (Å²) in [6.45, 7) is 2.60. The summed E-state index contributed by atoms with van der Waals surface area (Å²) in [5.41, 5.74) is 0.477. The summed E-state index contributed by atoms with van der Waals surface area (Å²) in [5, 5.41) is 4.11. The van der Waals surface area contributed by atoms with Gasteiger partial charge in [-0.1, -0.05) is 0 Å². The second kappa shape index (κ2) is 5.59. The van der Waals surface area contributed by atoms with E-state index < -0.39 is 0 Å². The van der Waals surface area contributed by atoms with E-state index in [9.17, 15) is 4.79 Å². The predicted octanol–water partition coefficient (Wildman–Crippen LogP) is 2.25. The second-order valence-corrected chi connectivity index (χ2v) is 4.96. The number of nitrogens with zero attached hydrogens (tertiary/aromatic N) is 2. The largest absolute Gasteiger partial charge is 0.465 e. The molecule has 0 aliphatic carbocycles. The number of hydrogen-bond acceptors (Lipinski definition) is 6. The Morgan fingerprint density at radius 3 is 3.00 bits per heavy atom. The van der Waals surface area contributed by atoms with Crippen LogP contribution in [0.1, 0.15) is 20.2 Å². The van der Waals surface area contributed by atoms with Gasteiger partial charge in [0.2, 0.25) is 0 Å². The zero-order valence-electron chi connectivity index (χ0n) is 10.1. The highest BCUT2D eigenvalue weighted by molar-refractivity contribution is 7.11. The molecule has 0 bridgehead atoms. The number of aromatic nitrogens is 2. The maximum absolute atomic E-state index is 11.4. The molecular weight excluding hydrogens is 250 g/mol. The molecule has 0 saturated carbocycles. The van der Waals surface area contributed by atoms with Gasteiger partial charge in [-0.05, 0) is 19.1 Å². The molecule has 2 rings (SSSR count). The molecular formula is C12H13N3O2S. The maximum atomic E-state index is 11.4. The zero-order chi connectivity index (χ0) is 13.0. The van der Waals surface area contributed by atoms with Crippen LogP contribution in [0.4, 0.5) is 5.82 Å². The summed E-state index contributed by atoms with van der Waals surface area (Å²) in [5.74, 6) is 0.260. The van der Waals surface area contributed by atoms with Gasteiger partial charge >= 0.3 is 5.97 Å². The van der Waals surface area contributed by atoms with Crippen molar-refractivity contribution in [2.45, 2.75) is 13.5 Å². The molecule has 0 aliphatic heterocycles. The molecule has 5 nitrogen and oxygen atoms in total. The molecule has 18 heavy (non-hydrogen) atoms. The molecule has 0 unspecified atom stereocenters. The highest BCUT2D eigenvalue weighted by atomic mass is 32.1. The Balaban J connectivity index is 2.03. The smallest absolute Gasteiger partial charge is 0.338 e. The SMILES string of the molecule is COC(=O)c1ccnc(NCc2ncc(C)s2)c1. The Bertz CT molecular complexity index is 554. The molecule has 0 saturated heterocycles. The summed E-state index contributed by atoms with van der Waals surface area (Å²) in [6.07, 6.45) is 3.40. The van der Waals surface area contributed by atoms with E-state index in [1.165, 1.54) is 12.0 Å². The Morgan fingerprint density at radius 1 is 1.50 bits per heavy atom. The van der Waals surface area contributed by atoms with Gasteiger partial charge in [0.05, 0.1) is 19.2 Å². The summed E-state index contributed by atoms with van der Waals surface area (Å²) in [4.78, 5) is 20.9. The lowest BCUT2D eigenvalue weighted by molar-refractivity contribution is 0.0600. The van der Waals surface area contributed by atoms with E-state index >= 15 is 0 Å². The van der Waals surface area contributed by atoms with Crippen LogP contribution in [0.25, 0.3) is 0 Å². The quantitative estimate of drug-likeness (QED) is 0.857. The van der Waals surface area contributed by atoms with Gasteiger partial charge in [-0.25, -0.2) is 14.8 Å². The molecule has 6 heteroatoms. The predicted molar refractivity (Wildman–Crippen MR) is 69.8 cm³/mol. The highest BCUT2D eigenvalue weighted by Gasteiger charge is 2.06. The first-order chi connectivity index (χ1) is 8.69. The number of ether oxygens (including phenoxy) is 1. The van der Waals surface area contributed by atoms with Gasteiger partial charge in [0.1, 0.15) is 10.8 Å². The van der Waals surface area contributed by atoms with Gasteiger partial charge in [-0.15, -0.1) is 11.3 Å². The van der Waals surface area contributed by atoms with Crippen LogP contribution >= 0.6 is 11.3 Å². The molecule has 0 atom stereocenters. The van der Waals surface area contributed by atoms with Crippen molar-refractivity contribution in [2.75, 3.05) is 12.4 Å². The number of carbonyl (C=O) groups is 1. The van der Waals surface area contributed by atoms with Crippen molar-refractivity contribution in [3.8, 4) is 0 Å². The molecule has 0 spiro atoms. The number of nitrogens with one attached hydrogen (secondary N) is 1. The summed E-state index contributed by atoms with van der Waals surface area (Å²) >= 11 is 1.63. The summed E-state index contributed by atoms with van der Waals surface area (Å²) < 4.78 is 4.65. The van der Waals surface area contributed by atoms with Crippen molar-refractivity contribution in [3.05, 3.63) is 40.0 Å². The zero-order valence-corrected chi connectivity index (χ0v) is 11.0. The number of aryl methyl sites for hydroxylation is 1. The van der Waals surface area contributed by atoms with Crippen molar-refractivity contribution in [3.63, 3.8) is 0 Å². The van der Waals surface area contributed by atoms with Crippen molar-refractivity contribution < 1.29 is 9.53 Å². The average Bonchev–Trinajstić information content (AvgIpc) is 2.81. The fourth-order valence-corrected chi connectivity index (χ4v) is 2.15. The first-order valence-corrected chi connectivity index (χ1v) is 6.20.